The third kappa shape index (κ3) is 3.11. The Morgan fingerprint density at radius 1 is 1.24 bits per heavy atom. The van der Waals surface area contributed by atoms with Crippen molar-refractivity contribution in [3.8, 4) is 0 Å². The fourth-order valence-electron chi connectivity index (χ4n) is 1.68. The van der Waals surface area contributed by atoms with Gasteiger partial charge in [0.05, 0.1) is 0 Å². The van der Waals surface area contributed by atoms with E-state index in [0.717, 1.165) is 22.9 Å². The summed E-state index contributed by atoms with van der Waals surface area (Å²) >= 11 is 1.70. The van der Waals surface area contributed by atoms with Gasteiger partial charge in [-0.2, -0.15) is 0 Å². The molecule has 0 aliphatic rings. The van der Waals surface area contributed by atoms with Crippen molar-refractivity contribution in [3.63, 3.8) is 0 Å². The first-order chi connectivity index (χ1) is 8.31. The normalized spacial score (nSPS) is 12.6. The predicted octanol–water partition coefficient (Wildman–Crippen LogP) is 2.58. The van der Waals surface area contributed by atoms with Gasteiger partial charge in [0.2, 0.25) is 0 Å². The van der Waals surface area contributed by atoms with Gasteiger partial charge in [-0.1, -0.05) is 37.3 Å². The highest BCUT2D eigenvalue weighted by Crippen LogP contribution is 2.26. The molecule has 0 amide bonds. The number of hydrogen-bond donors (Lipinski definition) is 1. The molecule has 1 unspecified atom stereocenters. The zero-order chi connectivity index (χ0) is 12.1. The van der Waals surface area contributed by atoms with Gasteiger partial charge in [0, 0.05) is 12.3 Å². The van der Waals surface area contributed by atoms with Gasteiger partial charge in [-0.05, 0) is 18.5 Å². The third-order valence-electron chi connectivity index (χ3n) is 2.75. The van der Waals surface area contributed by atoms with Crippen LogP contribution in [-0.2, 0) is 6.42 Å². The van der Waals surface area contributed by atoms with Crippen LogP contribution < -0.4 is 5.73 Å². The molecular formula is C13H17N3S. The molecule has 3 nitrogen and oxygen atoms in total. The van der Waals surface area contributed by atoms with Gasteiger partial charge in [-0.3, -0.25) is 0 Å². The fourth-order valence-corrected chi connectivity index (χ4v) is 2.64. The lowest BCUT2D eigenvalue weighted by atomic mass is 10.0. The van der Waals surface area contributed by atoms with Crippen LogP contribution in [0.5, 0.6) is 0 Å². The first-order valence-electron chi connectivity index (χ1n) is 5.88. The molecule has 1 aromatic heterocycles. The van der Waals surface area contributed by atoms with E-state index in [2.05, 4.69) is 41.4 Å². The summed E-state index contributed by atoms with van der Waals surface area (Å²) in [6.45, 7) is 2.88. The number of rotatable bonds is 5. The van der Waals surface area contributed by atoms with Gasteiger partial charge in [-0.25, -0.2) is 0 Å². The number of benzene rings is 1. The average Bonchev–Trinajstić information content (AvgIpc) is 2.85. The van der Waals surface area contributed by atoms with Gasteiger partial charge in [0.15, 0.2) is 0 Å². The van der Waals surface area contributed by atoms with Crippen molar-refractivity contribution in [2.45, 2.75) is 25.7 Å². The first-order valence-corrected chi connectivity index (χ1v) is 6.70. The molecule has 0 saturated heterocycles. The van der Waals surface area contributed by atoms with Gasteiger partial charge >= 0.3 is 0 Å². The van der Waals surface area contributed by atoms with E-state index in [1.165, 1.54) is 5.56 Å². The molecule has 0 aliphatic carbocycles. The Morgan fingerprint density at radius 2 is 2.00 bits per heavy atom. The van der Waals surface area contributed by atoms with Crippen LogP contribution in [0.3, 0.4) is 0 Å². The van der Waals surface area contributed by atoms with Crippen LogP contribution in [0.15, 0.2) is 30.3 Å². The minimum atomic E-state index is 0.320. The smallest absolute Gasteiger partial charge is 0.124 e. The molecule has 90 valence electrons. The SMILES string of the molecule is CC(c1ccccc1)c1nnc(CCCN)s1. The Kier molecular flexibility index (Phi) is 4.23. The molecule has 1 aromatic carbocycles. The monoisotopic (exact) mass is 247 g/mol. The summed E-state index contributed by atoms with van der Waals surface area (Å²) < 4.78 is 0. The van der Waals surface area contributed by atoms with Crippen molar-refractivity contribution in [1.82, 2.24) is 10.2 Å². The van der Waals surface area contributed by atoms with Crippen LogP contribution in [0.25, 0.3) is 0 Å². The van der Waals surface area contributed by atoms with E-state index in [1.807, 2.05) is 6.07 Å². The molecule has 2 aromatic rings. The van der Waals surface area contributed by atoms with E-state index < -0.39 is 0 Å². The summed E-state index contributed by atoms with van der Waals surface area (Å²) in [5, 5.41) is 10.7. The average molecular weight is 247 g/mol. The molecule has 17 heavy (non-hydrogen) atoms. The molecule has 0 fully saturated rings. The molecular weight excluding hydrogens is 230 g/mol. The largest absolute Gasteiger partial charge is 0.330 e. The molecule has 0 saturated carbocycles. The van der Waals surface area contributed by atoms with Crippen LogP contribution in [0.4, 0.5) is 0 Å². The molecule has 2 rings (SSSR count). The summed E-state index contributed by atoms with van der Waals surface area (Å²) in [7, 11) is 0. The van der Waals surface area contributed by atoms with E-state index >= 15 is 0 Å². The zero-order valence-corrected chi connectivity index (χ0v) is 10.8. The lowest BCUT2D eigenvalue weighted by Gasteiger charge is -2.06. The van der Waals surface area contributed by atoms with Crippen molar-refractivity contribution in [1.29, 1.82) is 0 Å². The molecule has 2 N–H and O–H groups in total. The maximum atomic E-state index is 5.49. The highest BCUT2D eigenvalue weighted by Gasteiger charge is 2.13. The summed E-state index contributed by atoms with van der Waals surface area (Å²) in [6, 6.07) is 10.4. The van der Waals surface area contributed by atoms with Crippen molar-refractivity contribution in [2.24, 2.45) is 5.73 Å². The lowest BCUT2D eigenvalue weighted by Crippen LogP contribution is -1.99. The van der Waals surface area contributed by atoms with Gasteiger partial charge in [0.1, 0.15) is 10.0 Å². The summed E-state index contributed by atoms with van der Waals surface area (Å²) in [6.07, 6.45) is 1.92. The lowest BCUT2D eigenvalue weighted by molar-refractivity contribution is 0.801. The fraction of sp³-hybridized carbons (Fsp3) is 0.385. The minimum absolute atomic E-state index is 0.320. The second-order valence-corrected chi connectivity index (χ2v) is 5.15. The quantitative estimate of drug-likeness (QED) is 0.883. The molecule has 0 aliphatic heterocycles. The van der Waals surface area contributed by atoms with E-state index in [0.29, 0.717) is 12.5 Å². The Hall–Kier alpha value is -1.26. The second kappa shape index (κ2) is 5.89. The van der Waals surface area contributed by atoms with Crippen LogP contribution in [-0.4, -0.2) is 16.7 Å². The standard InChI is InChI=1S/C13H17N3S/c1-10(11-6-3-2-4-7-11)13-16-15-12(17-13)8-5-9-14/h2-4,6-7,10H,5,8-9,14H2,1H3. The van der Waals surface area contributed by atoms with Crippen LogP contribution in [0, 0.1) is 0 Å². The van der Waals surface area contributed by atoms with E-state index in [4.69, 9.17) is 5.73 Å². The number of nitrogens with two attached hydrogens (primary N) is 1. The van der Waals surface area contributed by atoms with E-state index in [-0.39, 0.29) is 0 Å². The second-order valence-electron chi connectivity index (χ2n) is 4.06. The van der Waals surface area contributed by atoms with E-state index in [9.17, 15) is 0 Å². The maximum Gasteiger partial charge on any atom is 0.124 e. The number of aryl methyl sites for hydroxylation is 1. The molecule has 0 bridgehead atoms. The number of aromatic nitrogens is 2. The summed E-state index contributed by atoms with van der Waals surface area (Å²) in [5.41, 5.74) is 6.78. The highest BCUT2D eigenvalue weighted by atomic mass is 32.1. The Morgan fingerprint density at radius 3 is 2.71 bits per heavy atom. The van der Waals surface area contributed by atoms with Gasteiger partial charge in [0.25, 0.3) is 0 Å². The van der Waals surface area contributed by atoms with Crippen LogP contribution in [0.1, 0.15) is 34.8 Å². The zero-order valence-electron chi connectivity index (χ0n) is 9.97. The van der Waals surface area contributed by atoms with Crippen molar-refractivity contribution in [2.75, 3.05) is 6.54 Å². The van der Waals surface area contributed by atoms with Crippen LogP contribution >= 0.6 is 11.3 Å². The van der Waals surface area contributed by atoms with Gasteiger partial charge < -0.3 is 5.73 Å². The third-order valence-corrected chi connectivity index (χ3v) is 3.91. The van der Waals surface area contributed by atoms with Crippen molar-refractivity contribution >= 4 is 11.3 Å². The van der Waals surface area contributed by atoms with Gasteiger partial charge in [-0.15, -0.1) is 21.5 Å². The highest BCUT2D eigenvalue weighted by molar-refractivity contribution is 7.11. The summed E-state index contributed by atoms with van der Waals surface area (Å²) in [4.78, 5) is 0. The van der Waals surface area contributed by atoms with Crippen molar-refractivity contribution < 1.29 is 0 Å². The Balaban J connectivity index is 2.09. The predicted molar refractivity (Wildman–Crippen MR) is 71.2 cm³/mol. The van der Waals surface area contributed by atoms with E-state index in [1.54, 1.807) is 11.3 Å². The maximum absolute atomic E-state index is 5.49. The Labute approximate surface area is 106 Å². The minimum Gasteiger partial charge on any atom is -0.330 e. The molecule has 4 heteroatoms. The molecule has 1 atom stereocenters. The molecule has 0 spiro atoms. The van der Waals surface area contributed by atoms with Crippen molar-refractivity contribution in [3.05, 3.63) is 45.9 Å². The summed E-state index contributed by atoms with van der Waals surface area (Å²) in [5.74, 6) is 0.320. The first kappa shape index (κ1) is 12.2. The van der Waals surface area contributed by atoms with Crippen LogP contribution in [0.2, 0.25) is 0 Å². The topological polar surface area (TPSA) is 51.8 Å². The molecule has 1 heterocycles. The Bertz CT molecular complexity index is 453. The number of hydrogen-bond acceptors (Lipinski definition) is 4. The number of nitrogens with zero attached hydrogens (tertiary/aromatic N) is 2. The molecule has 0 radical (unpaired) electrons.